The summed E-state index contributed by atoms with van der Waals surface area (Å²) in [6, 6.07) is 14.4. The molecular formula is C18H17N3O. The predicted octanol–water partition coefficient (Wildman–Crippen LogP) is 4.07. The molecule has 3 aromatic rings. The van der Waals surface area contributed by atoms with Gasteiger partial charge in [-0.1, -0.05) is 37.3 Å². The molecule has 4 heteroatoms. The van der Waals surface area contributed by atoms with Crippen molar-refractivity contribution in [1.82, 2.24) is 10.2 Å². The summed E-state index contributed by atoms with van der Waals surface area (Å²) < 4.78 is 0. The topological polar surface area (TPSA) is 57.8 Å². The molecule has 0 fully saturated rings. The molecule has 4 nitrogen and oxygen atoms in total. The summed E-state index contributed by atoms with van der Waals surface area (Å²) in [7, 11) is 0. The van der Waals surface area contributed by atoms with Gasteiger partial charge in [-0.05, 0) is 35.2 Å². The van der Waals surface area contributed by atoms with Crippen molar-refractivity contribution in [3.05, 3.63) is 53.7 Å². The van der Waals surface area contributed by atoms with Crippen LogP contribution in [0.25, 0.3) is 10.8 Å². The SMILES string of the molecule is CC1CC(=O)c2c(Nc3ccc4ccccc4c3)n[nH]c2C1. The fraction of sp³-hybridized carbons (Fsp3) is 0.222. The van der Waals surface area contributed by atoms with Gasteiger partial charge in [0.05, 0.1) is 5.56 Å². The number of ketones is 1. The number of rotatable bonds is 2. The number of aromatic nitrogens is 2. The Hall–Kier alpha value is -2.62. The molecule has 1 unspecified atom stereocenters. The van der Waals surface area contributed by atoms with Crippen molar-refractivity contribution in [2.24, 2.45) is 5.92 Å². The number of hydrogen-bond acceptors (Lipinski definition) is 3. The van der Waals surface area contributed by atoms with Crippen LogP contribution in [0.2, 0.25) is 0 Å². The molecule has 2 N–H and O–H groups in total. The summed E-state index contributed by atoms with van der Waals surface area (Å²) in [6.45, 7) is 2.10. The number of fused-ring (bicyclic) bond motifs is 2. The second-order valence-corrected chi connectivity index (χ2v) is 6.05. The number of carbonyl (C=O) groups is 1. The average molecular weight is 291 g/mol. The molecule has 1 heterocycles. The fourth-order valence-electron chi connectivity index (χ4n) is 3.16. The molecule has 0 aliphatic heterocycles. The molecule has 2 aromatic carbocycles. The molecule has 4 rings (SSSR count). The molecule has 0 bridgehead atoms. The van der Waals surface area contributed by atoms with E-state index in [4.69, 9.17) is 0 Å². The second-order valence-electron chi connectivity index (χ2n) is 6.05. The predicted molar refractivity (Wildman–Crippen MR) is 87.6 cm³/mol. The van der Waals surface area contributed by atoms with E-state index in [1.807, 2.05) is 18.2 Å². The van der Waals surface area contributed by atoms with E-state index in [0.29, 0.717) is 18.2 Å². The molecular weight excluding hydrogens is 274 g/mol. The van der Waals surface area contributed by atoms with Crippen molar-refractivity contribution >= 4 is 28.1 Å². The monoisotopic (exact) mass is 291 g/mol. The van der Waals surface area contributed by atoms with Gasteiger partial charge in [-0.25, -0.2) is 0 Å². The molecule has 0 saturated heterocycles. The Kier molecular flexibility index (Phi) is 2.96. The normalized spacial score (nSPS) is 17.5. The van der Waals surface area contributed by atoms with Crippen molar-refractivity contribution in [3.8, 4) is 0 Å². The molecule has 1 aliphatic rings. The third kappa shape index (κ3) is 2.17. The molecule has 0 radical (unpaired) electrons. The molecule has 0 spiro atoms. The van der Waals surface area contributed by atoms with Crippen LogP contribution in [0.3, 0.4) is 0 Å². The average Bonchev–Trinajstić information content (AvgIpc) is 2.90. The van der Waals surface area contributed by atoms with Crippen LogP contribution < -0.4 is 5.32 Å². The Bertz CT molecular complexity index is 866. The third-order valence-corrected chi connectivity index (χ3v) is 4.22. The van der Waals surface area contributed by atoms with Gasteiger partial charge in [-0.2, -0.15) is 5.10 Å². The van der Waals surface area contributed by atoms with Crippen molar-refractivity contribution in [1.29, 1.82) is 0 Å². The van der Waals surface area contributed by atoms with Crippen molar-refractivity contribution < 1.29 is 4.79 Å². The zero-order chi connectivity index (χ0) is 15.1. The first-order chi connectivity index (χ1) is 10.7. The van der Waals surface area contributed by atoms with Crippen LogP contribution >= 0.6 is 0 Å². The molecule has 0 saturated carbocycles. The van der Waals surface area contributed by atoms with Crippen LogP contribution in [-0.4, -0.2) is 16.0 Å². The molecule has 0 amide bonds. The number of nitrogens with one attached hydrogen (secondary N) is 2. The van der Waals surface area contributed by atoms with E-state index in [2.05, 4.69) is 46.7 Å². The van der Waals surface area contributed by atoms with Crippen molar-refractivity contribution in [2.45, 2.75) is 19.8 Å². The number of carbonyl (C=O) groups excluding carboxylic acids is 1. The quantitative estimate of drug-likeness (QED) is 0.748. The van der Waals surface area contributed by atoms with Crippen LogP contribution in [0.1, 0.15) is 29.4 Å². The standard InChI is InChI=1S/C18H17N3O/c1-11-8-15-17(16(22)9-11)18(21-20-15)19-14-7-6-12-4-2-3-5-13(12)10-14/h2-7,10-11H,8-9H2,1H3,(H2,19,20,21). The minimum atomic E-state index is 0.172. The number of nitrogens with zero attached hydrogens (tertiary/aromatic N) is 1. The molecule has 22 heavy (non-hydrogen) atoms. The molecule has 1 atom stereocenters. The number of H-pyrrole nitrogens is 1. The fourth-order valence-corrected chi connectivity index (χ4v) is 3.16. The zero-order valence-corrected chi connectivity index (χ0v) is 12.4. The van der Waals surface area contributed by atoms with Gasteiger partial charge in [-0.3, -0.25) is 9.89 Å². The number of hydrogen-bond donors (Lipinski definition) is 2. The number of benzene rings is 2. The number of anilines is 2. The highest BCUT2D eigenvalue weighted by molar-refractivity contribution is 6.03. The maximum Gasteiger partial charge on any atom is 0.168 e. The van der Waals surface area contributed by atoms with E-state index in [1.165, 1.54) is 5.39 Å². The van der Waals surface area contributed by atoms with Crippen LogP contribution in [-0.2, 0) is 6.42 Å². The molecule has 110 valence electrons. The summed E-state index contributed by atoms with van der Waals surface area (Å²) >= 11 is 0. The summed E-state index contributed by atoms with van der Waals surface area (Å²) in [5.41, 5.74) is 2.62. The van der Waals surface area contributed by atoms with E-state index < -0.39 is 0 Å². The van der Waals surface area contributed by atoms with Crippen LogP contribution in [0.5, 0.6) is 0 Å². The Morgan fingerprint density at radius 1 is 1.14 bits per heavy atom. The van der Waals surface area contributed by atoms with Crippen molar-refractivity contribution in [3.63, 3.8) is 0 Å². The Balaban J connectivity index is 1.70. The summed E-state index contributed by atoms with van der Waals surface area (Å²) in [6.07, 6.45) is 1.48. The Labute approximate surface area is 128 Å². The first kappa shape index (κ1) is 13.1. The highest BCUT2D eigenvalue weighted by Crippen LogP contribution is 2.31. The summed E-state index contributed by atoms with van der Waals surface area (Å²) in [5, 5.41) is 13.0. The van der Waals surface area contributed by atoms with Gasteiger partial charge < -0.3 is 5.32 Å². The van der Waals surface area contributed by atoms with Crippen molar-refractivity contribution in [2.75, 3.05) is 5.32 Å². The van der Waals surface area contributed by atoms with Gasteiger partial charge in [0.2, 0.25) is 0 Å². The summed E-state index contributed by atoms with van der Waals surface area (Å²) in [5.74, 6) is 1.20. The van der Waals surface area contributed by atoms with E-state index in [1.54, 1.807) is 0 Å². The van der Waals surface area contributed by atoms with Gasteiger partial charge in [0.1, 0.15) is 0 Å². The first-order valence-corrected chi connectivity index (χ1v) is 7.57. The number of aromatic amines is 1. The lowest BCUT2D eigenvalue weighted by Gasteiger charge is -2.17. The zero-order valence-electron chi connectivity index (χ0n) is 12.4. The molecule has 1 aromatic heterocycles. The summed E-state index contributed by atoms with van der Waals surface area (Å²) in [4.78, 5) is 12.3. The van der Waals surface area contributed by atoms with Gasteiger partial charge >= 0.3 is 0 Å². The van der Waals surface area contributed by atoms with Gasteiger partial charge in [0.15, 0.2) is 11.6 Å². The van der Waals surface area contributed by atoms with Crippen LogP contribution in [0.15, 0.2) is 42.5 Å². The second kappa shape index (κ2) is 4.98. The lowest BCUT2D eigenvalue weighted by Crippen LogP contribution is -2.17. The Morgan fingerprint density at radius 2 is 1.95 bits per heavy atom. The number of Topliss-reactive ketones (excluding diaryl/α,β-unsaturated/α-hetero) is 1. The van der Waals surface area contributed by atoms with E-state index in [-0.39, 0.29) is 5.78 Å². The first-order valence-electron chi connectivity index (χ1n) is 7.57. The van der Waals surface area contributed by atoms with E-state index >= 15 is 0 Å². The lowest BCUT2D eigenvalue weighted by molar-refractivity contribution is 0.0954. The van der Waals surface area contributed by atoms with Gasteiger partial charge in [-0.15, -0.1) is 0 Å². The van der Waals surface area contributed by atoms with Gasteiger partial charge in [0, 0.05) is 17.8 Å². The maximum absolute atomic E-state index is 12.3. The maximum atomic E-state index is 12.3. The Morgan fingerprint density at radius 3 is 2.82 bits per heavy atom. The van der Waals surface area contributed by atoms with Crippen LogP contribution in [0.4, 0.5) is 11.5 Å². The third-order valence-electron chi connectivity index (χ3n) is 4.22. The highest BCUT2D eigenvalue weighted by Gasteiger charge is 2.27. The molecule has 1 aliphatic carbocycles. The minimum absolute atomic E-state index is 0.172. The van der Waals surface area contributed by atoms with E-state index in [9.17, 15) is 4.79 Å². The smallest absolute Gasteiger partial charge is 0.168 e. The van der Waals surface area contributed by atoms with E-state index in [0.717, 1.165) is 28.8 Å². The highest BCUT2D eigenvalue weighted by atomic mass is 16.1. The lowest BCUT2D eigenvalue weighted by atomic mass is 9.88. The van der Waals surface area contributed by atoms with Gasteiger partial charge in [0.25, 0.3) is 0 Å². The minimum Gasteiger partial charge on any atom is -0.338 e. The largest absolute Gasteiger partial charge is 0.338 e. The van der Waals surface area contributed by atoms with Crippen LogP contribution in [0, 0.1) is 5.92 Å².